The third-order valence-corrected chi connectivity index (χ3v) is 5.25. The van der Waals surface area contributed by atoms with Crippen LogP contribution < -0.4 is 5.56 Å². The van der Waals surface area contributed by atoms with Gasteiger partial charge < -0.3 is 0 Å². The van der Waals surface area contributed by atoms with Gasteiger partial charge in [-0.15, -0.1) is 10.2 Å². The minimum Gasteiger partial charge on any atom is -0.267 e. The fraction of sp³-hybridized carbons (Fsp3) is 0. The molecule has 6 heteroatoms. The fourth-order valence-electron chi connectivity index (χ4n) is 2.09. The van der Waals surface area contributed by atoms with Gasteiger partial charge >= 0.3 is 0 Å². The topological polar surface area (TPSA) is 47.8 Å². The van der Waals surface area contributed by atoms with Crippen molar-refractivity contribution >= 4 is 33.0 Å². The Balaban J connectivity index is 1.85. The fourth-order valence-corrected chi connectivity index (χ4v) is 3.96. The molecule has 4 rings (SSSR count). The van der Waals surface area contributed by atoms with Crippen LogP contribution in [0.4, 0.5) is 0 Å². The molecule has 0 fully saturated rings. The van der Waals surface area contributed by atoms with Gasteiger partial charge in [0.25, 0.3) is 5.56 Å². The van der Waals surface area contributed by atoms with Crippen LogP contribution in [0.25, 0.3) is 25.8 Å². The molecule has 4 aromatic rings. The van der Waals surface area contributed by atoms with E-state index < -0.39 is 0 Å². The second-order valence-electron chi connectivity index (χ2n) is 4.44. The van der Waals surface area contributed by atoms with E-state index in [1.807, 2.05) is 54.6 Å². The predicted molar refractivity (Wildman–Crippen MR) is 86.3 cm³/mol. The highest BCUT2D eigenvalue weighted by atomic mass is 32.1. The summed E-state index contributed by atoms with van der Waals surface area (Å²) in [6, 6.07) is 17.4. The summed E-state index contributed by atoms with van der Waals surface area (Å²) in [5.41, 5.74) is 0.974. The summed E-state index contributed by atoms with van der Waals surface area (Å²) in [4.78, 5) is 12.4. The van der Waals surface area contributed by atoms with Gasteiger partial charge in [-0.25, -0.2) is 3.96 Å². The van der Waals surface area contributed by atoms with Crippen molar-refractivity contribution in [3.8, 4) is 15.7 Å². The number of benzene rings is 2. The standard InChI is InChI=1S/C15H9N3OS2/c19-14-11-8-4-5-9-12(11)21-18(14)15-17-16-13(20-15)10-6-2-1-3-7-10/h1-9H. The molecule has 2 heterocycles. The Hall–Kier alpha value is -2.31. The van der Waals surface area contributed by atoms with Gasteiger partial charge in [0.1, 0.15) is 5.01 Å². The smallest absolute Gasteiger partial charge is 0.267 e. The van der Waals surface area contributed by atoms with Crippen molar-refractivity contribution in [1.82, 2.24) is 14.2 Å². The number of fused-ring (bicyclic) bond motifs is 1. The highest BCUT2D eigenvalue weighted by molar-refractivity contribution is 7.20. The average Bonchev–Trinajstić information content (AvgIpc) is 3.14. The minimum absolute atomic E-state index is 0.0358. The molecule has 0 saturated carbocycles. The average molecular weight is 311 g/mol. The highest BCUT2D eigenvalue weighted by Gasteiger charge is 2.13. The zero-order chi connectivity index (χ0) is 14.2. The van der Waals surface area contributed by atoms with E-state index in [0.29, 0.717) is 5.13 Å². The Morgan fingerprint density at radius 3 is 2.48 bits per heavy atom. The van der Waals surface area contributed by atoms with Crippen LogP contribution in [0.1, 0.15) is 0 Å². The van der Waals surface area contributed by atoms with E-state index in [0.717, 1.165) is 20.7 Å². The van der Waals surface area contributed by atoms with Gasteiger partial charge in [0, 0.05) is 5.56 Å². The Labute approximate surface area is 128 Å². The Morgan fingerprint density at radius 2 is 1.67 bits per heavy atom. The maximum atomic E-state index is 12.4. The molecule has 0 bridgehead atoms. The first-order valence-electron chi connectivity index (χ1n) is 6.33. The van der Waals surface area contributed by atoms with Crippen LogP contribution in [0.15, 0.2) is 59.4 Å². The minimum atomic E-state index is -0.0358. The first kappa shape index (κ1) is 12.4. The lowest BCUT2D eigenvalue weighted by Crippen LogP contribution is -2.10. The number of nitrogens with zero attached hydrogens (tertiary/aromatic N) is 3. The van der Waals surface area contributed by atoms with Crippen molar-refractivity contribution in [3.05, 3.63) is 65.0 Å². The molecular formula is C15H9N3OS2. The molecule has 0 aliphatic rings. The normalized spacial score (nSPS) is 11.0. The van der Waals surface area contributed by atoms with E-state index in [1.165, 1.54) is 22.9 Å². The quantitative estimate of drug-likeness (QED) is 0.568. The van der Waals surface area contributed by atoms with E-state index >= 15 is 0 Å². The van der Waals surface area contributed by atoms with Crippen LogP contribution in [-0.4, -0.2) is 14.2 Å². The number of rotatable bonds is 2. The zero-order valence-corrected chi connectivity index (χ0v) is 12.4. The molecule has 2 aromatic carbocycles. The molecular weight excluding hydrogens is 302 g/mol. The van der Waals surface area contributed by atoms with Crippen LogP contribution in [0, 0.1) is 0 Å². The van der Waals surface area contributed by atoms with E-state index in [2.05, 4.69) is 10.2 Å². The van der Waals surface area contributed by atoms with E-state index in [-0.39, 0.29) is 5.56 Å². The summed E-state index contributed by atoms with van der Waals surface area (Å²) in [6.45, 7) is 0. The Kier molecular flexibility index (Phi) is 2.90. The molecule has 0 aliphatic carbocycles. The van der Waals surface area contributed by atoms with Crippen LogP contribution in [0.3, 0.4) is 0 Å². The predicted octanol–water partition coefficient (Wildman–Crippen LogP) is 3.57. The third-order valence-electron chi connectivity index (χ3n) is 3.10. The monoisotopic (exact) mass is 311 g/mol. The zero-order valence-electron chi connectivity index (χ0n) is 10.8. The first-order valence-corrected chi connectivity index (χ1v) is 7.92. The molecule has 0 aliphatic heterocycles. The van der Waals surface area contributed by atoms with Gasteiger partial charge in [0.2, 0.25) is 5.13 Å². The summed E-state index contributed by atoms with van der Waals surface area (Å²) in [5.74, 6) is 0. The Bertz CT molecular complexity index is 969. The molecule has 0 radical (unpaired) electrons. The summed E-state index contributed by atoms with van der Waals surface area (Å²) in [5, 5.41) is 10.5. The van der Waals surface area contributed by atoms with Crippen LogP contribution >= 0.6 is 22.9 Å². The maximum Gasteiger partial charge on any atom is 0.275 e. The van der Waals surface area contributed by atoms with Crippen LogP contribution in [0.2, 0.25) is 0 Å². The lowest BCUT2D eigenvalue weighted by atomic mass is 10.2. The SMILES string of the molecule is O=c1c2ccccc2sn1-c1nnc(-c2ccccc2)s1. The molecule has 2 aromatic heterocycles. The van der Waals surface area contributed by atoms with Crippen molar-refractivity contribution in [2.24, 2.45) is 0 Å². The third kappa shape index (κ3) is 2.09. The summed E-state index contributed by atoms with van der Waals surface area (Å²) in [7, 11) is 0. The molecule has 0 saturated heterocycles. The van der Waals surface area contributed by atoms with Crippen molar-refractivity contribution in [3.63, 3.8) is 0 Å². The molecule has 21 heavy (non-hydrogen) atoms. The van der Waals surface area contributed by atoms with E-state index in [4.69, 9.17) is 0 Å². The van der Waals surface area contributed by atoms with Gasteiger partial charge in [-0.1, -0.05) is 53.8 Å². The van der Waals surface area contributed by atoms with Gasteiger partial charge in [0.05, 0.1) is 10.1 Å². The molecule has 0 atom stereocenters. The van der Waals surface area contributed by atoms with Crippen LogP contribution in [0.5, 0.6) is 0 Å². The second-order valence-corrected chi connectivity index (χ2v) is 6.39. The van der Waals surface area contributed by atoms with Crippen molar-refractivity contribution in [2.45, 2.75) is 0 Å². The molecule has 0 spiro atoms. The first-order chi connectivity index (χ1) is 10.3. The lowest BCUT2D eigenvalue weighted by molar-refractivity contribution is 1.01. The van der Waals surface area contributed by atoms with Gasteiger partial charge in [-0.3, -0.25) is 4.79 Å². The highest BCUT2D eigenvalue weighted by Crippen LogP contribution is 2.27. The molecule has 0 amide bonds. The lowest BCUT2D eigenvalue weighted by Gasteiger charge is -1.92. The summed E-state index contributed by atoms with van der Waals surface area (Å²) < 4.78 is 2.56. The van der Waals surface area contributed by atoms with Gasteiger partial charge in [-0.2, -0.15) is 0 Å². The Morgan fingerprint density at radius 1 is 0.905 bits per heavy atom. The number of aromatic nitrogens is 3. The summed E-state index contributed by atoms with van der Waals surface area (Å²) in [6.07, 6.45) is 0. The molecule has 0 unspecified atom stereocenters. The van der Waals surface area contributed by atoms with Crippen molar-refractivity contribution in [1.29, 1.82) is 0 Å². The molecule has 4 nitrogen and oxygen atoms in total. The van der Waals surface area contributed by atoms with E-state index in [9.17, 15) is 4.79 Å². The van der Waals surface area contributed by atoms with Crippen molar-refractivity contribution in [2.75, 3.05) is 0 Å². The summed E-state index contributed by atoms with van der Waals surface area (Å²) >= 11 is 2.82. The molecule has 0 N–H and O–H groups in total. The number of hydrogen-bond donors (Lipinski definition) is 0. The van der Waals surface area contributed by atoms with Gasteiger partial charge in [-0.05, 0) is 23.7 Å². The maximum absolute atomic E-state index is 12.4. The van der Waals surface area contributed by atoms with Gasteiger partial charge in [0.15, 0.2) is 0 Å². The second kappa shape index (κ2) is 4.91. The van der Waals surface area contributed by atoms with Crippen LogP contribution in [-0.2, 0) is 0 Å². The van der Waals surface area contributed by atoms with Crippen molar-refractivity contribution < 1.29 is 0 Å². The largest absolute Gasteiger partial charge is 0.275 e. The number of hydrogen-bond acceptors (Lipinski definition) is 5. The van der Waals surface area contributed by atoms with E-state index in [1.54, 1.807) is 3.96 Å². The molecule has 102 valence electrons.